The zero-order valence-corrected chi connectivity index (χ0v) is 17.8. The molecule has 0 N–H and O–H groups in total. The van der Waals surface area contributed by atoms with Crippen molar-refractivity contribution in [3.8, 4) is 11.5 Å². The number of ether oxygens (including phenoxy) is 1. The van der Waals surface area contributed by atoms with Crippen LogP contribution in [0.4, 0.5) is 5.69 Å². The van der Waals surface area contributed by atoms with Gasteiger partial charge in [0.2, 0.25) is 5.89 Å². The van der Waals surface area contributed by atoms with E-state index in [-0.39, 0.29) is 0 Å². The number of rotatable bonds is 6. The highest BCUT2D eigenvalue weighted by Gasteiger charge is 2.13. The van der Waals surface area contributed by atoms with Crippen molar-refractivity contribution in [2.45, 2.75) is 13.2 Å². The van der Waals surface area contributed by atoms with Gasteiger partial charge in [0.15, 0.2) is 0 Å². The summed E-state index contributed by atoms with van der Waals surface area (Å²) in [5.41, 5.74) is 3.20. The van der Waals surface area contributed by atoms with Gasteiger partial charge in [-0.2, -0.15) is 0 Å². The van der Waals surface area contributed by atoms with Crippen LogP contribution in [0.1, 0.15) is 5.56 Å². The van der Waals surface area contributed by atoms with Gasteiger partial charge in [-0.05, 0) is 49.1 Å². The lowest BCUT2D eigenvalue weighted by Gasteiger charge is -2.29. The van der Waals surface area contributed by atoms with Crippen molar-refractivity contribution in [3.05, 3.63) is 64.0 Å². The maximum atomic E-state index is 6.24. The molecule has 152 valence electrons. The molecule has 2 heterocycles. The second-order valence-corrected chi connectivity index (χ2v) is 7.83. The first-order chi connectivity index (χ1) is 14.1. The Morgan fingerprint density at radius 3 is 2.55 bits per heavy atom. The van der Waals surface area contributed by atoms with Gasteiger partial charge in [0.1, 0.15) is 0 Å². The van der Waals surface area contributed by atoms with Crippen LogP contribution in [0, 0.1) is 4.84 Å². The quantitative estimate of drug-likeness (QED) is 0.538. The molecule has 0 unspecified atom stereocenters. The van der Waals surface area contributed by atoms with E-state index in [2.05, 4.69) is 39.2 Å². The number of hydrogen-bond acceptors (Lipinski definition) is 6. The van der Waals surface area contributed by atoms with E-state index >= 15 is 0 Å². The lowest BCUT2D eigenvalue weighted by molar-refractivity contribution is 0.122. The molecular formula is C21H23ClN4O2S. The Morgan fingerprint density at radius 2 is 1.83 bits per heavy atom. The van der Waals surface area contributed by atoms with Crippen molar-refractivity contribution >= 4 is 29.5 Å². The average molecular weight is 431 g/mol. The van der Waals surface area contributed by atoms with Crippen LogP contribution in [-0.2, 0) is 18.0 Å². The second kappa shape index (κ2) is 9.09. The molecule has 1 fully saturated rings. The molecule has 4 rings (SSSR count). The Labute approximate surface area is 180 Å². The van der Waals surface area contributed by atoms with Crippen LogP contribution in [0.25, 0.3) is 11.5 Å². The molecule has 29 heavy (non-hydrogen) atoms. The minimum Gasteiger partial charge on any atom is -0.409 e. The predicted molar refractivity (Wildman–Crippen MR) is 117 cm³/mol. The molecule has 0 atom stereocenters. The fraction of sp³-hybridized carbons (Fsp3) is 0.333. The number of nitrogens with zero attached hydrogens (tertiary/aromatic N) is 4. The van der Waals surface area contributed by atoms with Crippen LogP contribution in [0.5, 0.6) is 0 Å². The smallest absolute Gasteiger partial charge is 0.288 e. The monoisotopic (exact) mass is 430 g/mol. The van der Waals surface area contributed by atoms with E-state index in [0.717, 1.165) is 38.4 Å². The number of aromatic nitrogens is 2. The Bertz CT molecular complexity index is 1010. The third-order valence-electron chi connectivity index (χ3n) is 4.85. The fourth-order valence-electron chi connectivity index (χ4n) is 3.36. The maximum absolute atomic E-state index is 6.24. The molecule has 0 radical (unpaired) electrons. The third kappa shape index (κ3) is 4.87. The van der Waals surface area contributed by atoms with Crippen LogP contribution < -0.4 is 4.90 Å². The Hall–Kier alpha value is -2.19. The summed E-state index contributed by atoms with van der Waals surface area (Å²) in [6.45, 7) is 4.77. The minimum atomic E-state index is 0.328. The molecule has 0 amide bonds. The standard InChI is InChI=1S/C21H23ClN4O2S/c1-24(14-16-6-8-17(9-7-16)25-10-12-27-13-11-25)15-26-21(29)28-20(23-26)18-4-2-3-5-19(18)22/h2-9H,10-15H2,1H3. The number of morpholine rings is 1. The Balaban J connectivity index is 1.40. The zero-order chi connectivity index (χ0) is 20.2. The first kappa shape index (κ1) is 20.1. The third-order valence-corrected chi connectivity index (χ3v) is 5.47. The van der Waals surface area contributed by atoms with E-state index < -0.39 is 0 Å². The Morgan fingerprint density at radius 1 is 1.10 bits per heavy atom. The molecule has 6 nitrogen and oxygen atoms in total. The van der Waals surface area contributed by atoms with Gasteiger partial charge in [0.25, 0.3) is 4.84 Å². The highest BCUT2D eigenvalue weighted by Crippen LogP contribution is 2.26. The van der Waals surface area contributed by atoms with Crippen molar-refractivity contribution in [2.24, 2.45) is 0 Å². The summed E-state index contributed by atoms with van der Waals surface area (Å²) >= 11 is 11.6. The summed E-state index contributed by atoms with van der Waals surface area (Å²) in [6, 6.07) is 16.1. The first-order valence-electron chi connectivity index (χ1n) is 9.53. The van der Waals surface area contributed by atoms with E-state index in [1.807, 2.05) is 25.2 Å². The molecule has 0 saturated carbocycles. The van der Waals surface area contributed by atoms with E-state index in [0.29, 0.717) is 22.4 Å². The van der Waals surface area contributed by atoms with Crippen LogP contribution in [0.15, 0.2) is 52.9 Å². The molecule has 0 bridgehead atoms. The van der Waals surface area contributed by atoms with E-state index in [1.165, 1.54) is 11.3 Å². The van der Waals surface area contributed by atoms with Crippen molar-refractivity contribution in [2.75, 3.05) is 38.3 Å². The summed E-state index contributed by atoms with van der Waals surface area (Å²) in [5.74, 6) is 0.434. The van der Waals surface area contributed by atoms with Gasteiger partial charge in [-0.25, -0.2) is 4.68 Å². The lowest BCUT2D eigenvalue weighted by Crippen LogP contribution is -2.36. The molecule has 2 aromatic carbocycles. The summed E-state index contributed by atoms with van der Waals surface area (Å²) in [4.78, 5) is 4.81. The molecule has 1 aromatic heterocycles. The number of benzene rings is 2. The van der Waals surface area contributed by atoms with Gasteiger partial charge >= 0.3 is 0 Å². The minimum absolute atomic E-state index is 0.328. The van der Waals surface area contributed by atoms with Crippen molar-refractivity contribution in [1.82, 2.24) is 14.7 Å². The molecule has 1 aliphatic rings. The van der Waals surface area contributed by atoms with Crippen molar-refractivity contribution in [1.29, 1.82) is 0 Å². The summed E-state index contributed by atoms with van der Waals surface area (Å²) < 4.78 is 12.8. The van der Waals surface area contributed by atoms with Crippen molar-refractivity contribution < 1.29 is 9.15 Å². The molecule has 3 aromatic rings. The van der Waals surface area contributed by atoms with Crippen LogP contribution >= 0.6 is 23.8 Å². The van der Waals surface area contributed by atoms with Gasteiger partial charge in [0.05, 0.1) is 30.5 Å². The molecule has 1 saturated heterocycles. The highest BCUT2D eigenvalue weighted by atomic mass is 35.5. The van der Waals surface area contributed by atoms with E-state index in [9.17, 15) is 0 Å². The lowest BCUT2D eigenvalue weighted by atomic mass is 10.2. The summed E-state index contributed by atoms with van der Waals surface area (Å²) in [6.07, 6.45) is 0. The van der Waals surface area contributed by atoms with Gasteiger partial charge in [-0.1, -0.05) is 35.9 Å². The normalized spacial score (nSPS) is 14.5. The number of hydrogen-bond donors (Lipinski definition) is 0. The topological polar surface area (TPSA) is 46.7 Å². The van der Waals surface area contributed by atoms with Gasteiger partial charge in [-0.15, -0.1) is 5.10 Å². The molecule has 1 aliphatic heterocycles. The van der Waals surface area contributed by atoms with Crippen LogP contribution in [0.3, 0.4) is 0 Å². The molecule has 0 aliphatic carbocycles. The van der Waals surface area contributed by atoms with Gasteiger partial charge in [0, 0.05) is 25.3 Å². The molecule has 0 spiro atoms. The van der Waals surface area contributed by atoms with E-state index in [4.69, 9.17) is 33.0 Å². The number of anilines is 1. The van der Waals surface area contributed by atoms with Crippen molar-refractivity contribution in [3.63, 3.8) is 0 Å². The van der Waals surface area contributed by atoms with Crippen LogP contribution in [0.2, 0.25) is 5.02 Å². The van der Waals surface area contributed by atoms with Gasteiger partial charge in [-0.3, -0.25) is 4.90 Å². The second-order valence-electron chi connectivity index (χ2n) is 7.07. The summed E-state index contributed by atoms with van der Waals surface area (Å²) in [5, 5.41) is 5.09. The molecule has 8 heteroatoms. The van der Waals surface area contributed by atoms with E-state index in [1.54, 1.807) is 10.7 Å². The first-order valence-corrected chi connectivity index (χ1v) is 10.3. The average Bonchev–Trinajstić information content (AvgIpc) is 3.09. The largest absolute Gasteiger partial charge is 0.409 e. The summed E-state index contributed by atoms with van der Waals surface area (Å²) in [7, 11) is 2.03. The number of halogens is 1. The fourth-order valence-corrected chi connectivity index (χ4v) is 3.76. The molecular weight excluding hydrogens is 408 g/mol. The maximum Gasteiger partial charge on any atom is 0.288 e. The van der Waals surface area contributed by atoms with Crippen LogP contribution in [-0.4, -0.2) is 48.0 Å². The zero-order valence-electron chi connectivity index (χ0n) is 16.3. The SMILES string of the molecule is CN(Cc1ccc(N2CCOCC2)cc1)Cn1nc(-c2ccccc2Cl)oc1=S. The Kier molecular flexibility index (Phi) is 6.30. The predicted octanol–water partition coefficient (Wildman–Crippen LogP) is 4.45. The van der Waals surface area contributed by atoms with Gasteiger partial charge < -0.3 is 14.1 Å². The highest BCUT2D eigenvalue weighted by molar-refractivity contribution is 7.71.